The number of hydrogen-bond donors (Lipinski definition) is 1. The molecule has 3 heteroatoms. The highest BCUT2D eigenvalue weighted by molar-refractivity contribution is 5.71. The molecule has 0 saturated heterocycles. The van der Waals surface area contributed by atoms with Crippen LogP contribution in [0.15, 0.2) is 18.2 Å². The normalized spacial score (nSPS) is 9.50. The fraction of sp³-hybridized carbons (Fsp3) is 0.222. The van der Waals surface area contributed by atoms with E-state index >= 15 is 0 Å². The number of hydrogen-bond acceptors (Lipinski definition) is 3. The maximum atomic E-state index is 10.6. The minimum atomic E-state index is -0.431. The molecule has 0 aromatic heterocycles. The molecular formula is C9H10O3. The molecule has 1 rings (SSSR count). The second kappa shape index (κ2) is 3.26. The zero-order valence-electron chi connectivity index (χ0n) is 7.00. The number of para-hydroxylation sites is 1. The van der Waals surface area contributed by atoms with Crippen LogP contribution in [0.5, 0.6) is 11.5 Å². The van der Waals surface area contributed by atoms with Crippen LogP contribution in [0.3, 0.4) is 0 Å². The molecule has 0 saturated carbocycles. The van der Waals surface area contributed by atoms with Crippen LogP contribution < -0.4 is 4.74 Å². The van der Waals surface area contributed by atoms with Gasteiger partial charge in [0, 0.05) is 6.92 Å². The zero-order valence-corrected chi connectivity index (χ0v) is 7.00. The maximum Gasteiger partial charge on any atom is 0.308 e. The SMILES string of the molecule is CC(=O)Oc1c(C)cccc1O. The Morgan fingerprint density at radius 3 is 2.67 bits per heavy atom. The van der Waals surface area contributed by atoms with Gasteiger partial charge in [-0.15, -0.1) is 0 Å². The maximum absolute atomic E-state index is 10.6. The highest BCUT2D eigenvalue weighted by Crippen LogP contribution is 2.28. The molecule has 12 heavy (non-hydrogen) atoms. The number of carbonyl (C=O) groups is 1. The standard InChI is InChI=1S/C9H10O3/c1-6-4-3-5-8(11)9(6)12-7(2)10/h3-5,11H,1-2H3. The van der Waals surface area contributed by atoms with Gasteiger partial charge < -0.3 is 9.84 Å². The topological polar surface area (TPSA) is 46.5 Å². The zero-order chi connectivity index (χ0) is 9.14. The van der Waals surface area contributed by atoms with E-state index in [4.69, 9.17) is 4.74 Å². The average Bonchev–Trinajstić information content (AvgIpc) is 1.97. The van der Waals surface area contributed by atoms with E-state index in [2.05, 4.69) is 0 Å². The van der Waals surface area contributed by atoms with Crippen molar-refractivity contribution in [1.29, 1.82) is 0 Å². The van der Waals surface area contributed by atoms with E-state index < -0.39 is 5.97 Å². The van der Waals surface area contributed by atoms with Crippen LogP contribution in [0.25, 0.3) is 0 Å². The average molecular weight is 166 g/mol. The minimum Gasteiger partial charge on any atom is -0.504 e. The van der Waals surface area contributed by atoms with E-state index in [9.17, 15) is 9.90 Å². The summed E-state index contributed by atoms with van der Waals surface area (Å²) in [6.45, 7) is 3.06. The van der Waals surface area contributed by atoms with E-state index in [0.29, 0.717) is 0 Å². The van der Waals surface area contributed by atoms with E-state index in [-0.39, 0.29) is 11.5 Å². The number of carbonyl (C=O) groups excluding carboxylic acids is 1. The van der Waals surface area contributed by atoms with Gasteiger partial charge in [0.2, 0.25) is 0 Å². The largest absolute Gasteiger partial charge is 0.504 e. The van der Waals surface area contributed by atoms with Crippen LogP contribution >= 0.6 is 0 Å². The summed E-state index contributed by atoms with van der Waals surface area (Å²) in [6.07, 6.45) is 0. The lowest BCUT2D eigenvalue weighted by Gasteiger charge is -2.06. The number of phenolic OH excluding ortho intramolecular Hbond substituents is 1. The number of benzene rings is 1. The summed E-state index contributed by atoms with van der Waals surface area (Å²) in [5.41, 5.74) is 0.741. The second-order valence-corrected chi connectivity index (χ2v) is 2.52. The lowest BCUT2D eigenvalue weighted by atomic mass is 10.2. The van der Waals surface area contributed by atoms with Gasteiger partial charge >= 0.3 is 5.97 Å². The van der Waals surface area contributed by atoms with Gasteiger partial charge in [-0.1, -0.05) is 12.1 Å². The van der Waals surface area contributed by atoms with Crippen LogP contribution in [-0.2, 0) is 4.79 Å². The Morgan fingerprint density at radius 1 is 1.50 bits per heavy atom. The van der Waals surface area contributed by atoms with Gasteiger partial charge in [0.25, 0.3) is 0 Å². The van der Waals surface area contributed by atoms with Crippen LogP contribution in [0.2, 0.25) is 0 Å². The monoisotopic (exact) mass is 166 g/mol. The Bertz CT molecular complexity index is 284. The number of esters is 1. The Hall–Kier alpha value is -1.51. The fourth-order valence-electron chi connectivity index (χ4n) is 0.913. The number of ether oxygens (including phenoxy) is 1. The van der Waals surface area contributed by atoms with Crippen LogP contribution in [0.1, 0.15) is 12.5 Å². The van der Waals surface area contributed by atoms with Crippen LogP contribution in [-0.4, -0.2) is 11.1 Å². The molecule has 0 unspecified atom stereocenters. The van der Waals surface area contributed by atoms with E-state index in [1.165, 1.54) is 13.0 Å². The van der Waals surface area contributed by atoms with Gasteiger partial charge in [0.1, 0.15) is 0 Å². The molecule has 0 aliphatic rings. The quantitative estimate of drug-likeness (QED) is 0.509. The molecule has 1 N–H and O–H groups in total. The molecule has 0 heterocycles. The molecule has 0 fully saturated rings. The molecular weight excluding hydrogens is 156 g/mol. The first-order chi connectivity index (χ1) is 5.61. The van der Waals surface area contributed by atoms with Crippen molar-refractivity contribution < 1.29 is 14.6 Å². The Morgan fingerprint density at radius 2 is 2.17 bits per heavy atom. The van der Waals surface area contributed by atoms with Gasteiger partial charge in [-0.05, 0) is 18.6 Å². The number of rotatable bonds is 1. The lowest BCUT2D eigenvalue weighted by molar-refractivity contribution is -0.132. The predicted molar refractivity (Wildman–Crippen MR) is 44.2 cm³/mol. The first-order valence-electron chi connectivity index (χ1n) is 3.58. The van der Waals surface area contributed by atoms with Crippen molar-refractivity contribution in [3.8, 4) is 11.5 Å². The molecule has 0 radical (unpaired) electrons. The van der Waals surface area contributed by atoms with Crippen molar-refractivity contribution in [2.24, 2.45) is 0 Å². The fourth-order valence-corrected chi connectivity index (χ4v) is 0.913. The third-order valence-electron chi connectivity index (χ3n) is 1.44. The van der Waals surface area contributed by atoms with E-state index in [1.54, 1.807) is 19.1 Å². The smallest absolute Gasteiger partial charge is 0.308 e. The summed E-state index contributed by atoms with van der Waals surface area (Å²) in [5, 5.41) is 9.26. The summed E-state index contributed by atoms with van der Waals surface area (Å²) < 4.78 is 4.79. The summed E-state index contributed by atoms with van der Waals surface area (Å²) >= 11 is 0. The van der Waals surface area contributed by atoms with Gasteiger partial charge in [0.05, 0.1) is 0 Å². The molecule has 0 atom stereocenters. The summed E-state index contributed by atoms with van der Waals surface area (Å²) in [6, 6.07) is 4.93. The molecule has 1 aromatic carbocycles. The molecule has 64 valence electrons. The first-order valence-corrected chi connectivity index (χ1v) is 3.58. The highest BCUT2D eigenvalue weighted by atomic mass is 16.5. The van der Waals surface area contributed by atoms with Crippen molar-refractivity contribution in [3.05, 3.63) is 23.8 Å². The van der Waals surface area contributed by atoms with Crippen molar-refractivity contribution >= 4 is 5.97 Å². The van der Waals surface area contributed by atoms with Gasteiger partial charge in [-0.25, -0.2) is 0 Å². The van der Waals surface area contributed by atoms with Gasteiger partial charge in [-0.3, -0.25) is 4.79 Å². The molecule has 3 nitrogen and oxygen atoms in total. The summed E-state index contributed by atoms with van der Waals surface area (Å²) in [5.74, 6) is -0.199. The summed E-state index contributed by atoms with van der Waals surface area (Å²) in [7, 11) is 0. The van der Waals surface area contributed by atoms with Crippen molar-refractivity contribution in [2.45, 2.75) is 13.8 Å². The number of aryl methyl sites for hydroxylation is 1. The number of phenols is 1. The molecule has 0 aliphatic heterocycles. The highest BCUT2D eigenvalue weighted by Gasteiger charge is 2.06. The third kappa shape index (κ3) is 1.75. The van der Waals surface area contributed by atoms with Crippen molar-refractivity contribution in [3.63, 3.8) is 0 Å². The Kier molecular flexibility index (Phi) is 2.33. The molecule has 0 bridgehead atoms. The Balaban J connectivity index is 3.04. The predicted octanol–water partition coefficient (Wildman–Crippen LogP) is 1.63. The van der Waals surface area contributed by atoms with Gasteiger partial charge in [0.15, 0.2) is 11.5 Å². The van der Waals surface area contributed by atoms with Gasteiger partial charge in [-0.2, -0.15) is 0 Å². The molecule has 1 aromatic rings. The summed E-state index contributed by atoms with van der Waals surface area (Å²) in [4.78, 5) is 10.6. The number of aromatic hydroxyl groups is 1. The van der Waals surface area contributed by atoms with Crippen LogP contribution in [0.4, 0.5) is 0 Å². The second-order valence-electron chi connectivity index (χ2n) is 2.52. The first kappa shape index (κ1) is 8.59. The molecule has 0 amide bonds. The van der Waals surface area contributed by atoms with E-state index in [0.717, 1.165) is 5.56 Å². The molecule has 0 spiro atoms. The van der Waals surface area contributed by atoms with Crippen molar-refractivity contribution in [1.82, 2.24) is 0 Å². The minimum absolute atomic E-state index is 0.00907. The third-order valence-corrected chi connectivity index (χ3v) is 1.44. The van der Waals surface area contributed by atoms with Crippen LogP contribution in [0, 0.1) is 6.92 Å². The lowest BCUT2D eigenvalue weighted by Crippen LogP contribution is -2.02. The molecule has 0 aliphatic carbocycles. The van der Waals surface area contributed by atoms with E-state index in [1.807, 2.05) is 0 Å². The van der Waals surface area contributed by atoms with Crippen molar-refractivity contribution in [2.75, 3.05) is 0 Å². The Labute approximate surface area is 70.6 Å².